The molecule has 4 rings (SSSR count). The molecule has 1 fully saturated rings. The van der Waals surface area contributed by atoms with Crippen molar-refractivity contribution in [2.45, 2.75) is 13.3 Å². The lowest BCUT2D eigenvalue weighted by Gasteiger charge is -2.36. The maximum atomic E-state index is 14.4. The minimum absolute atomic E-state index is 0.0391. The van der Waals surface area contributed by atoms with Gasteiger partial charge in [0.25, 0.3) is 0 Å². The van der Waals surface area contributed by atoms with Crippen LogP contribution in [0.5, 0.6) is 0 Å². The zero-order valence-corrected chi connectivity index (χ0v) is 16.5. The summed E-state index contributed by atoms with van der Waals surface area (Å²) in [5.41, 5.74) is 2.55. The molecule has 0 aliphatic carbocycles. The fourth-order valence-electron chi connectivity index (χ4n) is 3.51. The van der Waals surface area contributed by atoms with Gasteiger partial charge in [-0.2, -0.15) is 0 Å². The topological polar surface area (TPSA) is 84.2 Å². The first-order chi connectivity index (χ1) is 14.5. The van der Waals surface area contributed by atoms with Crippen LogP contribution in [0.2, 0.25) is 0 Å². The van der Waals surface area contributed by atoms with Crippen molar-refractivity contribution in [3.63, 3.8) is 0 Å². The quantitative estimate of drug-likeness (QED) is 0.600. The standard InChI is InChI=1S/C21H21FN6O2/c1-15(29)17-4-7-20(19(22)13-17)26-8-10-27(11-9-26)21(30)12-16-2-5-18(6-3-16)28-14-23-24-25-28/h2-7,13-14H,8-12H2,1H3. The molecule has 1 saturated heterocycles. The van der Waals surface area contributed by atoms with E-state index < -0.39 is 5.82 Å². The van der Waals surface area contributed by atoms with Crippen LogP contribution < -0.4 is 4.90 Å². The smallest absolute Gasteiger partial charge is 0.227 e. The number of carbonyl (C=O) groups is 2. The Balaban J connectivity index is 1.34. The maximum Gasteiger partial charge on any atom is 0.227 e. The zero-order chi connectivity index (χ0) is 21.1. The van der Waals surface area contributed by atoms with Crippen molar-refractivity contribution in [1.29, 1.82) is 0 Å². The Morgan fingerprint density at radius 3 is 2.37 bits per heavy atom. The fourth-order valence-corrected chi connectivity index (χ4v) is 3.51. The third-order valence-corrected chi connectivity index (χ3v) is 5.23. The van der Waals surface area contributed by atoms with Gasteiger partial charge in [0, 0.05) is 31.7 Å². The predicted molar refractivity (Wildman–Crippen MR) is 108 cm³/mol. The van der Waals surface area contributed by atoms with Crippen molar-refractivity contribution in [2.24, 2.45) is 0 Å². The zero-order valence-electron chi connectivity index (χ0n) is 16.5. The van der Waals surface area contributed by atoms with Crippen molar-refractivity contribution in [2.75, 3.05) is 31.1 Å². The molecule has 1 aromatic heterocycles. The van der Waals surface area contributed by atoms with Crippen LogP contribution in [0.4, 0.5) is 10.1 Å². The fraction of sp³-hybridized carbons (Fsp3) is 0.286. The summed E-state index contributed by atoms with van der Waals surface area (Å²) in [6.07, 6.45) is 1.81. The number of benzene rings is 2. The number of tetrazole rings is 1. The Labute approximate surface area is 172 Å². The van der Waals surface area contributed by atoms with E-state index in [1.807, 2.05) is 29.2 Å². The summed E-state index contributed by atoms with van der Waals surface area (Å²) in [6, 6.07) is 12.0. The number of piperazine rings is 1. The van der Waals surface area contributed by atoms with Crippen molar-refractivity contribution in [1.82, 2.24) is 25.1 Å². The van der Waals surface area contributed by atoms with E-state index in [1.165, 1.54) is 19.3 Å². The molecule has 0 bridgehead atoms. The lowest BCUT2D eigenvalue weighted by Crippen LogP contribution is -2.49. The monoisotopic (exact) mass is 408 g/mol. The van der Waals surface area contributed by atoms with E-state index in [9.17, 15) is 14.0 Å². The van der Waals surface area contributed by atoms with Gasteiger partial charge < -0.3 is 9.80 Å². The van der Waals surface area contributed by atoms with Crippen LogP contribution in [0.1, 0.15) is 22.8 Å². The Bertz CT molecular complexity index is 1040. The summed E-state index contributed by atoms with van der Waals surface area (Å²) in [5, 5.41) is 11.0. The van der Waals surface area contributed by atoms with Gasteiger partial charge in [-0.3, -0.25) is 9.59 Å². The Morgan fingerprint density at radius 1 is 1.03 bits per heavy atom. The molecule has 0 spiro atoms. The average molecular weight is 408 g/mol. The van der Waals surface area contributed by atoms with Crippen LogP contribution in [-0.2, 0) is 11.2 Å². The van der Waals surface area contributed by atoms with E-state index in [-0.39, 0.29) is 11.7 Å². The second-order valence-electron chi connectivity index (χ2n) is 7.19. The number of amides is 1. The lowest BCUT2D eigenvalue weighted by molar-refractivity contribution is -0.130. The molecule has 0 saturated carbocycles. The average Bonchev–Trinajstić information content (AvgIpc) is 3.29. The highest BCUT2D eigenvalue weighted by molar-refractivity contribution is 5.94. The van der Waals surface area contributed by atoms with Gasteiger partial charge in [0.05, 0.1) is 17.8 Å². The number of nitrogens with zero attached hydrogens (tertiary/aromatic N) is 6. The summed E-state index contributed by atoms with van der Waals surface area (Å²) >= 11 is 0. The summed E-state index contributed by atoms with van der Waals surface area (Å²) in [6.45, 7) is 3.55. The number of anilines is 1. The van der Waals surface area contributed by atoms with Crippen molar-refractivity contribution < 1.29 is 14.0 Å². The molecule has 154 valence electrons. The molecule has 0 atom stereocenters. The Morgan fingerprint density at radius 2 is 1.77 bits per heavy atom. The molecule has 2 heterocycles. The Kier molecular flexibility index (Phi) is 5.51. The Hall–Kier alpha value is -3.62. The van der Waals surface area contributed by atoms with Crippen LogP contribution in [0.15, 0.2) is 48.8 Å². The van der Waals surface area contributed by atoms with E-state index >= 15 is 0 Å². The van der Waals surface area contributed by atoms with E-state index in [0.29, 0.717) is 43.9 Å². The second-order valence-corrected chi connectivity index (χ2v) is 7.19. The highest BCUT2D eigenvalue weighted by atomic mass is 19.1. The molecular weight excluding hydrogens is 387 g/mol. The van der Waals surface area contributed by atoms with E-state index in [4.69, 9.17) is 0 Å². The van der Waals surface area contributed by atoms with Gasteiger partial charge in [-0.15, -0.1) is 5.10 Å². The maximum absolute atomic E-state index is 14.4. The molecule has 3 aromatic rings. The third-order valence-electron chi connectivity index (χ3n) is 5.23. The number of hydrogen-bond acceptors (Lipinski definition) is 6. The van der Waals surface area contributed by atoms with Gasteiger partial charge in [0.1, 0.15) is 12.1 Å². The number of hydrogen-bond donors (Lipinski definition) is 0. The van der Waals surface area contributed by atoms with Crippen LogP contribution >= 0.6 is 0 Å². The normalized spacial score (nSPS) is 14.1. The van der Waals surface area contributed by atoms with Crippen molar-refractivity contribution >= 4 is 17.4 Å². The number of carbonyl (C=O) groups excluding carboxylic acids is 2. The second kappa shape index (κ2) is 8.40. The first kappa shape index (κ1) is 19.7. The minimum Gasteiger partial charge on any atom is -0.366 e. The highest BCUT2D eigenvalue weighted by Gasteiger charge is 2.23. The first-order valence-electron chi connectivity index (χ1n) is 9.67. The van der Waals surface area contributed by atoms with Gasteiger partial charge in [-0.05, 0) is 53.2 Å². The minimum atomic E-state index is -0.412. The van der Waals surface area contributed by atoms with Crippen molar-refractivity contribution in [3.8, 4) is 5.69 Å². The molecule has 0 unspecified atom stereocenters. The largest absolute Gasteiger partial charge is 0.366 e. The van der Waals surface area contributed by atoms with Crippen LogP contribution in [-0.4, -0.2) is 63.0 Å². The highest BCUT2D eigenvalue weighted by Crippen LogP contribution is 2.22. The summed E-state index contributed by atoms with van der Waals surface area (Å²) in [4.78, 5) is 27.8. The van der Waals surface area contributed by atoms with Gasteiger partial charge in [-0.1, -0.05) is 12.1 Å². The number of ketones is 1. The summed E-state index contributed by atoms with van der Waals surface area (Å²) in [7, 11) is 0. The summed E-state index contributed by atoms with van der Waals surface area (Å²) < 4.78 is 15.9. The number of halogens is 1. The van der Waals surface area contributed by atoms with Crippen LogP contribution in [0.3, 0.4) is 0 Å². The number of aromatic nitrogens is 4. The molecule has 2 aromatic carbocycles. The SMILES string of the molecule is CC(=O)c1ccc(N2CCN(C(=O)Cc3ccc(-n4cnnn4)cc3)CC2)c(F)c1. The number of Topliss-reactive ketones (excluding diaryl/α,β-unsaturated/α-hetero) is 1. The molecule has 1 aliphatic rings. The van der Waals surface area contributed by atoms with E-state index in [0.717, 1.165) is 11.3 Å². The molecule has 8 nitrogen and oxygen atoms in total. The molecule has 0 N–H and O–H groups in total. The van der Waals surface area contributed by atoms with Crippen molar-refractivity contribution in [3.05, 3.63) is 65.7 Å². The van der Waals surface area contributed by atoms with Crippen LogP contribution in [0, 0.1) is 5.82 Å². The summed E-state index contributed by atoms with van der Waals surface area (Å²) in [5.74, 6) is -0.538. The van der Waals surface area contributed by atoms with Gasteiger partial charge in [0.2, 0.25) is 5.91 Å². The molecule has 1 aliphatic heterocycles. The van der Waals surface area contributed by atoms with Gasteiger partial charge in [-0.25, -0.2) is 9.07 Å². The molecule has 0 radical (unpaired) electrons. The molecule has 30 heavy (non-hydrogen) atoms. The first-order valence-corrected chi connectivity index (χ1v) is 9.67. The molecular formula is C21H21FN6O2. The predicted octanol–water partition coefficient (Wildman–Crippen LogP) is 1.90. The number of rotatable bonds is 5. The van der Waals surface area contributed by atoms with Crippen LogP contribution in [0.25, 0.3) is 5.69 Å². The van der Waals surface area contributed by atoms with Gasteiger partial charge in [0.15, 0.2) is 5.78 Å². The van der Waals surface area contributed by atoms with E-state index in [1.54, 1.807) is 21.7 Å². The molecule has 1 amide bonds. The van der Waals surface area contributed by atoms with E-state index in [2.05, 4.69) is 15.5 Å². The van der Waals surface area contributed by atoms with Gasteiger partial charge >= 0.3 is 0 Å². The lowest BCUT2D eigenvalue weighted by atomic mass is 10.1. The molecule has 9 heteroatoms. The third kappa shape index (κ3) is 4.19.